The number of ether oxygens (including phenoxy) is 3. The third-order valence-corrected chi connectivity index (χ3v) is 10.3. The molecule has 0 bridgehead atoms. The molecule has 302 valence electrons. The highest BCUT2D eigenvalue weighted by molar-refractivity contribution is 5.71. The minimum Gasteiger partial charge on any atom is -0.462 e. The summed E-state index contributed by atoms with van der Waals surface area (Å²) in [6.45, 7) is 11.2. The molecule has 0 aromatic rings. The molecule has 0 amide bonds. The van der Waals surface area contributed by atoms with Gasteiger partial charge in [-0.2, -0.15) is 0 Å². The molecule has 0 rings (SSSR count). The average molecular weight is 723 g/mol. The average Bonchev–Trinajstić information content (AvgIpc) is 3.11. The molecule has 0 spiro atoms. The first-order chi connectivity index (χ1) is 24.8. The zero-order valence-electron chi connectivity index (χ0n) is 34.7. The highest BCUT2D eigenvalue weighted by Gasteiger charge is 2.19. The molecule has 0 saturated heterocycles. The van der Waals surface area contributed by atoms with Gasteiger partial charge in [0.1, 0.15) is 13.2 Å². The second-order valence-corrected chi connectivity index (χ2v) is 16.1. The first kappa shape index (κ1) is 49.4. The second-order valence-electron chi connectivity index (χ2n) is 16.1. The van der Waals surface area contributed by atoms with Gasteiger partial charge in [-0.25, -0.2) is 0 Å². The highest BCUT2D eigenvalue weighted by atomic mass is 16.6. The molecule has 0 aromatic carbocycles. The SMILES string of the molecule is CCCCCCCC(=O)O[C@@H](COC(=O)CCCCCCCCCCCCCCCCC(C)CC)COC(=O)CCCCCCCCCC(C)C. The summed E-state index contributed by atoms with van der Waals surface area (Å²) in [5.41, 5.74) is 0. The van der Waals surface area contributed by atoms with Gasteiger partial charge in [-0.05, 0) is 31.1 Å². The Hall–Kier alpha value is -1.59. The molecular formula is C45H86O6. The van der Waals surface area contributed by atoms with Gasteiger partial charge >= 0.3 is 17.9 Å². The predicted molar refractivity (Wildman–Crippen MR) is 215 cm³/mol. The number of unbranched alkanes of at least 4 members (excludes halogenated alkanes) is 23. The molecule has 0 fully saturated rings. The lowest BCUT2D eigenvalue weighted by Gasteiger charge is -2.18. The lowest BCUT2D eigenvalue weighted by atomic mass is 9.99. The Kier molecular flexibility index (Phi) is 37.0. The van der Waals surface area contributed by atoms with E-state index in [1.165, 1.54) is 122 Å². The Morgan fingerprint density at radius 2 is 0.745 bits per heavy atom. The lowest BCUT2D eigenvalue weighted by Crippen LogP contribution is -2.30. The Bertz CT molecular complexity index is 781. The molecular weight excluding hydrogens is 636 g/mol. The molecule has 0 N–H and O–H groups in total. The van der Waals surface area contributed by atoms with Crippen molar-refractivity contribution in [3.8, 4) is 0 Å². The van der Waals surface area contributed by atoms with Crippen molar-refractivity contribution < 1.29 is 28.6 Å². The molecule has 0 aliphatic heterocycles. The molecule has 0 radical (unpaired) electrons. The van der Waals surface area contributed by atoms with Crippen molar-refractivity contribution in [3.63, 3.8) is 0 Å². The van der Waals surface area contributed by atoms with Crippen LogP contribution in [0, 0.1) is 11.8 Å². The van der Waals surface area contributed by atoms with Crippen molar-refractivity contribution in [2.45, 2.75) is 246 Å². The standard InChI is InChI=1S/C45H86O6/c1-6-8-9-23-32-37-45(48)51-42(39-50-44(47)36-31-27-22-18-19-24-28-33-40(3)4)38-49-43(46)35-30-26-21-17-15-13-11-10-12-14-16-20-25-29-34-41(5)7-2/h40-42H,6-39H2,1-5H3/t41?,42-/m0/s1. The van der Waals surface area contributed by atoms with Crippen molar-refractivity contribution in [1.29, 1.82) is 0 Å². The Morgan fingerprint density at radius 1 is 0.412 bits per heavy atom. The number of carbonyl (C=O) groups is 3. The van der Waals surface area contributed by atoms with E-state index < -0.39 is 6.10 Å². The first-order valence-corrected chi connectivity index (χ1v) is 22.3. The summed E-state index contributed by atoms with van der Waals surface area (Å²) in [5.74, 6) is 0.802. The lowest BCUT2D eigenvalue weighted by molar-refractivity contribution is -0.167. The number of hydrogen-bond donors (Lipinski definition) is 0. The Labute approximate surface area is 317 Å². The van der Waals surface area contributed by atoms with E-state index in [1.807, 2.05) is 0 Å². The van der Waals surface area contributed by atoms with Gasteiger partial charge in [0, 0.05) is 19.3 Å². The monoisotopic (exact) mass is 723 g/mol. The second kappa shape index (κ2) is 38.1. The molecule has 0 aliphatic carbocycles. The van der Waals surface area contributed by atoms with Crippen LogP contribution < -0.4 is 0 Å². The molecule has 0 heterocycles. The van der Waals surface area contributed by atoms with Gasteiger partial charge < -0.3 is 14.2 Å². The maximum atomic E-state index is 12.5. The van der Waals surface area contributed by atoms with E-state index in [0.29, 0.717) is 19.3 Å². The van der Waals surface area contributed by atoms with Crippen LogP contribution in [0.4, 0.5) is 0 Å². The fraction of sp³-hybridized carbons (Fsp3) is 0.933. The zero-order chi connectivity index (χ0) is 37.6. The van der Waals surface area contributed by atoms with Crippen molar-refractivity contribution >= 4 is 17.9 Å². The fourth-order valence-corrected chi connectivity index (χ4v) is 6.54. The predicted octanol–water partition coefficient (Wildman–Crippen LogP) is 13.8. The van der Waals surface area contributed by atoms with Gasteiger partial charge in [0.2, 0.25) is 0 Å². The van der Waals surface area contributed by atoms with Crippen LogP contribution in [0.25, 0.3) is 0 Å². The quantitative estimate of drug-likeness (QED) is 0.0357. The van der Waals surface area contributed by atoms with Gasteiger partial charge in [-0.3, -0.25) is 14.4 Å². The molecule has 0 aliphatic rings. The van der Waals surface area contributed by atoms with Gasteiger partial charge in [0.25, 0.3) is 0 Å². The van der Waals surface area contributed by atoms with Crippen LogP contribution in [0.3, 0.4) is 0 Å². The summed E-state index contributed by atoms with van der Waals surface area (Å²) >= 11 is 0. The van der Waals surface area contributed by atoms with E-state index >= 15 is 0 Å². The van der Waals surface area contributed by atoms with E-state index in [4.69, 9.17) is 14.2 Å². The normalized spacial score (nSPS) is 12.6. The summed E-state index contributed by atoms with van der Waals surface area (Å²) in [5, 5.41) is 0. The molecule has 51 heavy (non-hydrogen) atoms. The van der Waals surface area contributed by atoms with E-state index in [0.717, 1.165) is 76.0 Å². The van der Waals surface area contributed by atoms with Gasteiger partial charge in [0.15, 0.2) is 6.10 Å². The van der Waals surface area contributed by atoms with Gasteiger partial charge in [-0.1, -0.05) is 202 Å². The Morgan fingerprint density at radius 3 is 1.12 bits per heavy atom. The van der Waals surface area contributed by atoms with E-state index in [9.17, 15) is 14.4 Å². The van der Waals surface area contributed by atoms with Crippen LogP contribution in [0.5, 0.6) is 0 Å². The van der Waals surface area contributed by atoms with E-state index in [2.05, 4.69) is 34.6 Å². The summed E-state index contributed by atoms with van der Waals surface area (Å²) in [6, 6.07) is 0. The number of hydrogen-bond acceptors (Lipinski definition) is 6. The molecule has 6 heteroatoms. The van der Waals surface area contributed by atoms with Crippen LogP contribution in [-0.4, -0.2) is 37.2 Å². The summed E-state index contributed by atoms with van der Waals surface area (Å²) in [4.78, 5) is 37.4. The van der Waals surface area contributed by atoms with Gasteiger partial charge in [-0.15, -0.1) is 0 Å². The number of carbonyl (C=O) groups excluding carboxylic acids is 3. The van der Waals surface area contributed by atoms with Crippen LogP contribution >= 0.6 is 0 Å². The van der Waals surface area contributed by atoms with Crippen LogP contribution in [0.2, 0.25) is 0 Å². The van der Waals surface area contributed by atoms with Crippen LogP contribution in [0.1, 0.15) is 240 Å². The third kappa shape index (κ3) is 38.0. The minimum atomic E-state index is -0.758. The third-order valence-electron chi connectivity index (χ3n) is 10.3. The molecule has 0 saturated carbocycles. The number of rotatable bonds is 39. The zero-order valence-corrected chi connectivity index (χ0v) is 34.7. The maximum absolute atomic E-state index is 12.5. The van der Waals surface area contributed by atoms with Crippen molar-refractivity contribution in [2.75, 3.05) is 13.2 Å². The summed E-state index contributed by atoms with van der Waals surface area (Å²) in [6.07, 6.45) is 35.5. The Balaban J connectivity index is 4.10. The van der Waals surface area contributed by atoms with E-state index in [1.54, 1.807) is 0 Å². The smallest absolute Gasteiger partial charge is 0.306 e. The van der Waals surface area contributed by atoms with Crippen molar-refractivity contribution in [2.24, 2.45) is 11.8 Å². The van der Waals surface area contributed by atoms with E-state index in [-0.39, 0.29) is 31.1 Å². The topological polar surface area (TPSA) is 78.9 Å². The van der Waals surface area contributed by atoms with Crippen molar-refractivity contribution in [1.82, 2.24) is 0 Å². The van der Waals surface area contributed by atoms with Gasteiger partial charge in [0.05, 0.1) is 0 Å². The fourth-order valence-electron chi connectivity index (χ4n) is 6.54. The number of esters is 3. The highest BCUT2D eigenvalue weighted by Crippen LogP contribution is 2.17. The largest absolute Gasteiger partial charge is 0.462 e. The van der Waals surface area contributed by atoms with Crippen LogP contribution in [-0.2, 0) is 28.6 Å². The molecule has 6 nitrogen and oxygen atoms in total. The van der Waals surface area contributed by atoms with Crippen molar-refractivity contribution in [3.05, 3.63) is 0 Å². The summed E-state index contributed by atoms with van der Waals surface area (Å²) < 4.78 is 16.6. The minimum absolute atomic E-state index is 0.0667. The molecule has 2 atom stereocenters. The first-order valence-electron chi connectivity index (χ1n) is 22.3. The summed E-state index contributed by atoms with van der Waals surface area (Å²) in [7, 11) is 0. The maximum Gasteiger partial charge on any atom is 0.306 e. The molecule has 1 unspecified atom stereocenters. The van der Waals surface area contributed by atoms with Crippen LogP contribution in [0.15, 0.2) is 0 Å². The molecule has 0 aromatic heterocycles.